The van der Waals surface area contributed by atoms with E-state index in [1.165, 1.54) is 64.7 Å². The lowest BCUT2D eigenvalue weighted by Gasteiger charge is -2.17. The third-order valence-corrected chi connectivity index (χ3v) is 4.54. The molecular weight excluding hydrogens is 326 g/mol. The molecule has 26 heavy (non-hydrogen) atoms. The summed E-state index contributed by atoms with van der Waals surface area (Å²) < 4.78 is 5.04. The third-order valence-electron chi connectivity index (χ3n) is 4.54. The van der Waals surface area contributed by atoms with E-state index in [4.69, 9.17) is 4.74 Å². The van der Waals surface area contributed by atoms with Crippen LogP contribution in [0.15, 0.2) is 24.3 Å². The van der Waals surface area contributed by atoms with Gasteiger partial charge in [0.05, 0.1) is 0 Å². The van der Waals surface area contributed by atoms with Crippen LogP contribution in [0, 0.1) is 0 Å². The summed E-state index contributed by atoms with van der Waals surface area (Å²) in [5, 5.41) is 0. The van der Waals surface area contributed by atoms with Gasteiger partial charge in [-0.2, -0.15) is 0 Å². The van der Waals surface area contributed by atoms with Gasteiger partial charge in [0.25, 0.3) is 5.91 Å². The third kappa shape index (κ3) is 9.59. The van der Waals surface area contributed by atoms with Gasteiger partial charge in [-0.05, 0) is 24.6 Å². The minimum Gasteiger partial charge on any atom is -0.427 e. The van der Waals surface area contributed by atoms with E-state index in [1.807, 2.05) is 7.05 Å². The van der Waals surface area contributed by atoms with Gasteiger partial charge in [0.1, 0.15) is 5.75 Å². The number of rotatable bonds is 13. The van der Waals surface area contributed by atoms with Crippen LogP contribution in [0.25, 0.3) is 0 Å². The maximum Gasteiger partial charge on any atom is 0.308 e. The maximum atomic E-state index is 12.5. The van der Waals surface area contributed by atoms with Crippen molar-refractivity contribution in [1.82, 2.24) is 4.90 Å². The fourth-order valence-corrected chi connectivity index (χ4v) is 3.02. The van der Waals surface area contributed by atoms with Gasteiger partial charge in [-0.15, -0.1) is 0 Å². The SMILES string of the molecule is CCCCCCCCCCCCN(C)C(=O)c1cccc(OC(C)=O)c1. The molecule has 1 aromatic carbocycles. The first-order valence-corrected chi connectivity index (χ1v) is 10.1. The highest BCUT2D eigenvalue weighted by molar-refractivity contribution is 5.94. The Kier molecular flexibility index (Phi) is 11.4. The van der Waals surface area contributed by atoms with Crippen molar-refractivity contribution in [2.24, 2.45) is 0 Å². The lowest BCUT2D eigenvalue weighted by molar-refractivity contribution is -0.131. The number of carbonyl (C=O) groups is 2. The van der Waals surface area contributed by atoms with Crippen molar-refractivity contribution < 1.29 is 14.3 Å². The minimum atomic E-state index is -0.381. The fourth-order valence-electron chi connectivity index (χ4n) is 3.02. The van der Waals surface area contributed by atoms with Gasteiger partial charge in [0.2, 0.25) is 0 Å². The number of hydrogen-bond donors (Lipinski definition) is 0. The van der Waals surface area contributed by atoms with Crippen molar-refractivity contribution in [1.29, 1.82) is 0 Å². The largest absolute Gasteiger partial charge is 0.427 e. The van der Waals surface area contributed by atoms with Gasteiger partial charge in [-0.25, -0.2) is 0 Å². The van der Waals surface area contributed by atoms with Crippen molar-refractivity contribution >= 4 is 11.9 Å². The summed E-state index contributed by atoms with van der Waals surface area (Å²) in [6.07, 6.45) is 12.9. The molecule has 0 radical (unpaired) electrons. The monoisotopic (exact) mass is 361 g/mol. The molecule has 0 heterocycles. The predicted molar refractivity (Wildman–Crippen MR) is 107 cm³/mol. The second-order valence-corrected chi connectivity index (χ2v) is 7.03. The van der Waals surface area contributed by atoms with Crippen LogP contribution in [-0.4, -0.2) is 30.4 Å². The number of hydrogen-bond acceptors (Lipinski definition) is 3. The summed E-state index contributed by atoms with van der Waals surface area (Å²) in [4.78, 5) is 25.2. The Hall–Kier alpha value is -1.84. The van der Waals surface area contributed by atoms with E-state index in [-0.39, 0.29) is 11.9 Å². The molecule has 4 nitrogen and oxygen atoms in total. The van der Waals surface area contributed by atoms with Gasteiger partial charge in [0.15, 0.2) is 0 Å². The van der Waals surface area contributed by atoms with E-state index < -0.39 is 0 Å². The van der Waals surface area contributed by atoms with Crippen LogP contribution in [0.1, 0.15) is 88.4 Å². The average Bonchev–Trinajstić information content (AvgIpc) is 2.62. The van der Waals surface area contributed by atoms with Crippen LogP contribution in [0.5, 0.6) is 5.75 Å². The summed E-state index contributed by atoms with van der Waals surface area (Å²) >= 11 is 0. The summed E-state index contributed by atoms with van der Waals surface area (Å²) in [5.41, 5.74) is 0.554. The van der Waals surface area contributed by atoms with Crippen LogP contribution in [0.2, 0.25) is 0 Å². The molecule has 0 saturated heterocycles. The van der Waals surface area contributed by atoms with Crippen molar-refractivity contribution in [3.63, 3.8) is 0 Å². The molecule has 1 rings (SSSR count). The molecule has 0 N–H and O–H groups in total. The smallest absolute Gasteiger partial charge is 0.308 e. The van der Waals surface area contributed by atoms with Crippen molar-refractivity contribution in [3.05, 3.63) is 29.8 Å². The summed E-state index contributed by atoms with van der Waals surface area (Å²) in [6.45, 7) is 4.36. The van der Waals surface area contributed by atoms with E-state index in [9.17, 15) is 9.59 Å². The Bertz CT molecular complexity index is 542. The van der Waals surface area contributed by atoms with Crippen LogP contribution >= 0.6 is 0 Å². The van der Waals surface area contributed by atoms with Crippen LogP contribution in [0.4, 0.5) is 0 Å². The van der Waals surface area contributed by atoms with E-state index in [1.54, 1.807) is 29.2 Å². The molecule has 146 valence electrons. The Morgan fingerprint density at radius 1 is 0.923 bits per heavy atom. The van der Waals surface area contributed by atoms with Crippen molar-refractivity contribution in [2.45, 2.75) is 78.1 Å². The lowest BCUT2D eigenvalue weighted by Crippen LogP contribution is -2.27. The summed E-state index contributed by atoms with van der Waals surface area (Å²) in [6, 6.07) is 6.80. The predicted octanol–water partition coefficient (Wildman–Crippen LogP) is 5.60. The van der Waals surface area contributed by atoms with Crippen molar-refractivity contribution in [3.8, 4) is 5.75 Å². The number of benzene rings is 1. The number of amides is 1. The Morgan fingerprint density at radius 2 is 1.50 bits per heavy atom. The first-order valence-electron chi connectivity index (χ1n) is 10.1. The summed E-state index contributed by atoms with van der Waals surface area (Å²) in [7, 11) is 1.83. The first kappa shape index (κ1) is 22.2. The quantitative estimate of drug-likeness (QED) is 0.261. The molecule has 0 saturated carbocycles. The Balaban J connectivity index is 2.19. The molecule has 0 aliphatic heterocycles. The summed E-state index contributed by atoms with van der Waals surface area (Å²) in [5.74, 6) is -0.000991. The highest BCUT2D eigenvalue weighted by Gasteiger charge is 2.12. The highest BCUT2D eigenvalue weighted by Crippen LogP contribution is 2.16. The first-order chi connectivity index (χ1) is 12.5. The molecule has 0 aliphatic rings. The highest BCUT2D eigenvalue weighted by atomic mass is 16.5. The van der Waals surface area contributed by atoms with Gasteiger partial charge < -0.3 is 9.64 Å². The molecule has 0 aromatic heterocycles. The normalized spacial score (nSPS) is 10.6. The number of unbranched alkanes of at least 4 members (excludes halogenated alkanes) is 9. The standard InChI is InChI=1S/C22H35NO3/c1-4-5-6-7-8-9-10-11-12-13-17-23(3)22(25)20-15-14-16-21(18-20)26-19(2)24/h14-16,18H,4-13,17H2,1-3H3. The molecule has 0 fully saturated rings. The van der Waals surface area contributed by atoms with Gasteiger partial charge >= 0.3 is 5.97 Å². The van der Waals surface area contributed by atoms with Gasteiger partial charge in [0, 0.05) is 26.1 Å². The van der Waals surface area contributed by atoms with Crippen LogP contribution < -0.4 is 4.74 Å². The minimum absolute atomic E-state index is 0.0325. The fraction of sp³-hybridized carbons (Fsp3) is 0.636. The number of ether oxygens (including phenoxy) is 1. The molecule has 0 atom stereocenters. The topological polar surface area (TPSA) is 46.6 Å². The zero-order valence-electron chi connectivity index (χ0n) is 16.8. The average molecular weight is 362 g/mol. The molecule has 4 heteroatoms. The number of esters is 1. The maximum absolute atomic E-state index is 12.5. The molecule has 0 aliphatic carbocycles. The Labute approximate surface area is 158 Å². The molecular formula is C22H35NO3. The zero-order chi connectivity index (χ0) is 19.2. The van der Waals surface area contributed by atoms with E-state index >= 15 is 0 Å². The second-order valence-electron chi connectivity index (χ2n) is 7.03. The van der Waals surface area contributed by atoms with E-state index in [0.717, 1.165) is 13.0 Å². The second kappa shape index (κ2) is 13.4. The number of nitrogens with zero attached hydrogens (tertiary/aromatic N) is 1. The van der Waals surface area contributed by atoms with Gasteiger partial charge in [-0.1, -0.05) is 70.8 Å². The molecule has 0 bridgehead atoms. The van der Waals surface area contributed by atoms with Gasteiger partial charge in [-0.3, -0.25) is 9.59 Å². The lowest BCUT2D eigenvalue weighted by atomic mass is 10.1. The number of carbonyl (C=O) groups excluding carboxylic acids is 2. The zero-order valence-corrected chi connectivity index (χ0v) is 16.8. The van der Waals surface area contributed by atoms with Crippen LogP contribution in [0.3, 0.4) is 0 Å². The van der Waals surface area contributed by atoms with E-state index in [2.05, 4.69) is 6.92 Å². The van der Waals surface area contributed by atoms with Crippen molar-refractivity contribution in [2.75, 3.05) is 13.6 Å². The molecule has 0 spiro atoms. The van der Waals surface area contributed by atoms with E-state index in [0.29, 0.717) is 11.3 Å². The molecule has 1 amide bonds. The Morgan fingerprint density at radius 3 is 2.08 bits per heavy atom. The van der Waals surface area contributed by atoms with Crippen LogP contribution in [-0.2, 0) is 4.79 Å². The molecule has 0 unspecified atom stereocenters. The molecule has 1 aromatic rings.